The Morgan fingerprint density at radius 3 is 2.57 bits per heavy atom. The molecule has 0 bridgehead atoms. The normalized spacial score (nSPS) is 8.14. The van der Waals surface area contributed by atoms with Crippen molar-refractivity contribution < 1.29 is 4.79 Å². The van der Waals surface area contributed by atoms with E-state index in [-0.39, 0.29) is 0 Å². The summed E-state index contributed by atoms with van der Waals surface area (Å²) in [5.74, 6) is 0.370. The number of hydrogen-bond acceptors (Lipinski definition) is 3. The van der Waals surface area contributed by atoms with Gasteiger partial charge in [0.1, 0.15) is 0 Å². The maximum absolute atomic E-state index is 9.80. The van der Waals surface area contributed by atoms with E-state index in [1.54, 1.807) is 0 Å². The number of primary amides is 1. The van der Waals surface area contributed by atoms with Gasteiger partial charge in [0.05, 0.1) is 5.88 Å². The minimum Gasteiger partial charge on any atom is -0.352 e. The SMILES string of the molecule is NSCNC(N)=O. The minimum atomic E-state index is -0.544. The van der Waals surface area contributed by atoms with Crippen LogP contribution in [0, 0.1) is 0 Å². The van der Waals surface area contributed by atoms with E-state index in [0.29, 0.717) is 5.88 Å². The monoisotopic (exact) mass is 121 g/mol. The van der Waals surface area contributed by atoms with Crippen LogP contribution in [0.15, 0.2) is 0 Å². The molecule has 2 amide bonds. The van der Waals surface area contributed by atoms with Crippen molar-refractivity contribution in [3.05, 3.63) is 0 Å². The fourth-order valence-electron chi connectivity index (χ4n) is 0.113. The Labute approximate surface area is 45.8 Å². The lowest BCUT2D eigenvalue weighted by molar-refractivity contribution is 0.250. The molecule has 0 aliphatic heterocycles. The highest BCUT2D eigenvalue weighted by Gasteiger charge is 1.84. The Bertz CT molecular complexity index is 66.0. The first-order valence-corrected chi connectivity index (χ1v) is 2.67. The first-order chi connectivity index (χ1) is 3.27. The van der Waals surface area contributed by atoms with E-state index in [0.717, 1.165) is 11.9 Å². The number of amides is 2. The van der Waals surface area contributed by atoms with Crippen molar-refractivity contribution in [1.82, 2.24) is 5.32 Å². The molecule has 0 radical (unpaired) electrons. The number of hydrogen-bond donors (Lipinski definition) is 3. The van der Waals surface area contributed by atoms with Crippen LogP contribution < -0.4 is 16.2 Å². The van der Waals surface area contributed by atoms with Gasteiger partial charge in [0, 0.05) is 0 Å². The molecule has 0 aliphatic carbocycles. The van der Waals surface area contributed by atoms with Crippen LogP contribution in [0.4, 0.5) is 4.79 Å². The van der Waals surface area contributed by atoms with Crippen molar-refractivity contribution in [2.75, 3.05) is 5.88 Å². The van der Waals surface area contributed by atoms with Gasteiger partial charge in [-0.25, -0.2) is 4.79 Å². The standard InChI is InChI=1S/C2H7N3OS/c3-2(6)5-1-7-4/h1,4H2,(H3,3,5,6). The van der Waals surface area contributed by atoms with Gasteiger partial charge in [-0.15, -0.1) is 0 Å². The molecule has 0 atom stereocenters. The van der Waals surface area contributed by atoms with Gasteiger partial charge in [-0.3, -0.25) is 5.14 Å². The van der Waals surface area contributed by atoms with Gasteiger partial charge in [0.15, 0.2) is 0 Å². The second kappa shape index (κ2) is 3.76. The molecule has 0 saturated carbocycles. The molecule has 0 aromatic carbocycles. The lowest BCUT2D eigenvalue weighted by Crippen LogP contribution is -2.29. The van der Waals surface area contributed by atoms with Crippen LogP contribution in [-0.2, 0) is 0 Å². The van der Waals surface area contributed by atoms with Crippen LogP contribution in [0.1, 0.15) is 0 Å². The number of rotatable bonds is 2. The predicted molar refractivity (Wildman–Crippen MR) is 29.4 cm³/mol. The maximum atomic E-state index is 9.80. The van der Waals surface area contributed by atoms with E-state index < -0.39 is 6.03 Å². The van der Waals surface area contributed by atoms with E-state index in [4.69, 9.17) is 5.14 Å². The van der Waals surface area contributed by atoms with E-state index >= 15 is 0 Å². The van der Waals surface area contributed by atoms with Crippen molar-refractivity contribution in [3.63, 3.8) is 0 Å². The molecule has 0 aromatic heterocycles. The first kappa shape index (κ1) is 6.58. The lowest BCUT2D eigenvalue weighted by Gasteiger charge is -1.92. The zero-order valence-corrected chi connectivity index (χ0v) is 4.49. The molecule has 0 saturated heterocycles. The Morgan fingerprint density at radius 1 is 1.86 bits per heavy atom. The van der Waals surface area contributed by atoms with Crippen LogP contribution in [0.3, 0.4) is 0 Å². The van der Waals surface area contributed by atoms with Gasteiger partial charge in [0.25, 0.3) is 0 Å². The van der Waals surface area contributed by atoms with E-state index in [9.17, 15) is 4.79 Å². The van der Waals surface area contributed by atoms with Crippen molar-refractivity contribution >= 4 is 18.0 Å². The fourth-order valence-corrected chi connectivity index (χ4v) is 0.338. The summed E-state index contributed by atoms with van der Waals surface area (Å²) in [6, 6.07) is -0.544. The highest BCUT2D eigenvalue weighted by molar-refractivity contribution is 7.97. The Morgan fingerprint density at radius 2 is 2.43 bits per heavy atom. The topological polar surface area (TPSA) is 81.1 Å². The lowest BCUT2D eigenvalue weighted by atomic mass is 11.0. The van der Waals surface area contributed by atoms with Crippen molar-refractivity contribution in [2.45, 2.75) is 0 Å². The molecular formula is C2H7N3OS. The average molecular weight is 121 g/mol. The van der Waals surface area contributed by atoms with Gasteiger partial charge >= 0.3 is 6.03 Å². The Kier molecular flexibility index (Phi) is 3.53. The summed E-state index contributed by atoms with van der Waals surface area (Å²) >= 11 is 1.02. The van der Waals surface area contributed by atoms with Crippen molar-refractivity contribution in [1.29, 1.82) is 0 Å². The van der Waals surface area contributed by atoms with Crippen LogP contribution >= 0.6 is 11.9 Å². The second-order valence-corrected chi connectivity index (χ2v) is 1.47. The van der Waals surface area contributed by atoms with Crippen molar-refractivity contribution in [3.8, 4) is 0 Å². The summed E-state index contributed by atoms with van der Waals surface area (Å²) in [7, 11) is 0. The summed E-state index contributed by atoms with van der Waals surface area (Å²) in [4.78, 5) is 9.80. The molecule has 7 heavy (non-hydrogen) atoms. The molecule has 42 valence electrons. The quantitative estimate of drug-likeness (QED) is 0.331. The Hall–Kier alpha value is -0.420. The van der Waals surface area contributed by atoms with Gasteiger partial charge in [-0.05, 0) is 0 Å². The Balaban J connectivity index is 2.82. The molecule has 0 heterocycles. The number of carbonyl (C=O) groups excluding carboxylic acids is 1. The number of urea groups is 1. The van der Waals surface area contributed by atoms with Gasteiger partial charge in [-0.2, -0.15) is 0 Å². The molecule has 5 N–H and O–H groups in total. The average Bonchev–Trinajstić information content (AvgIpc) is 1.61. The molecule has 0 unspecified atom stereocenters. The largest absolute Gasteiger partial charge is 0.352 e. The molecule has 5 heteroatoms. The number of nitrogens with two attached hydrogens (primary N) is 2. The second-order valence-electron chi connectivity index (χ2n) is 0.852. The summed E-state index contributed by atoms with van der Waals surface area (Å²) in [6.07, 6.45) is 0. The highest BCUT2D eigenvalue weighted by Crippen LogP contribution is 1.75. The van der Waals surface area contributed by atoms with E-state index in [2.05, 4.69) is 11.1 Å². The smallest absolute Gasteiger partial charge is 0.312 e. The molecule has 0 aromatic rings. The van der Waals surface area contributed by atoms with E-state index in [1.165, 1.54) is 0 Å². The highest BCUT2D eigenvalue weighted by atomic mass is 32.2. The van der Waals surface area contributed by atoms with Crippen LogP contribution in [0.5, 0.6) is 0 Å². The number of carbonyl (C=O) groups is 1. The van der Waals surface area contributed by atoms with Crippen molar-refractivity contribution in [2.24, 2.45) is 10.9 Å². The molecular weight excluding hydrogens is 114 g/mol. The minimum absolute atomic E-state index is 0.370. The first-order valence-electron chi connectivity index (χ1n) is 1.62. The summed E-state index contributed by atoms with van der Waals surface area (Å²) < 4.78 is 0. The molecule has 0 spiro atoms. The van der Waals surface area contributed by atoms with Gasteiger partial charge in [-0.1, -0.05) is 11.9 Å². The third kappa shape index (κ3) is 5.58. The maximum Gasteiger partial charge on any atom is 0.312 e. The molecule has 0 rings (SSSR count). The van der Waals surface area contributed by atoms with Crippen LogP contribution in [0.2, 0.25) is 0 Å². The molecule has 0 aliphatic rings. The van der Waals surface area contributed by atoms with Gasteiger partial charge < -0.3 is 11.1 Å². The zero-order chi connectivity index (χ0) is 5.70. The molecule has 0 fully saturated rings. The predicted octanol–water partition coefficient (Wildman–Crippen LogP) is -0.781. The third-order valence-electron chi connectivity index (χ3n) is 0.330. The van der Waals surface area contributed by atoms with Gasteiger partial charge in [0.2, 0.25) is 0 Å². The third-order valence-corrected chi connectivity index (χ3v) is 0.641. The zero-order valence-electron chi connectivity index (χ0n) is 3.68. The van der Waals surface area contributed by atoms with Crippen LogP contribution in [-0.4, -0.2) is 11.9 Å². The summed E-state index contributed by atoms with van der Waals surface area (Å²) in [5, 5.41) is 7.20. The number of nitrogens with one attached hydrogen (secondary N) is 1. The summed E-state index contributed by atoms with van der Waals surface area (Å²) in [6.45, 7) is 0. The molecule has 4 nitrogen and oxygen atoms in total. The summed E-state index contributed by atoms with van der Waals surface area (Å²) in [5.41, 5.74) is 4.66. The van der Waals surface area contributed by atoms with E-state index in [1.807, 2.05) is 0 Å². The van der Waals surface area contributed by atoms with Crippen LogP contribution in [0.25, 0.3) is 0 Å². The fraction of sp³-hybridized carbons (Fsp3) is 0.500.